The summed E-state index contributed by atoms with van der Waals surface area (Å²) in [6.07, 6.45) is 2.56. The van der Waals surface area contributed by atoms with Crippen molar-refractivity contribution in [2.75, 3.05) is 31.3 Å². The maximum atomic E-state index is 12.2. The van der Waals surface area contributed by atoms with E-state index >= 15 is 0 Å². The molecular formula is C14H18Cl2N2O4S. The van der Waals surface area contributed by atoms with Gasteiger partial charge in [0.05, 0.1) is 34.6 Å². The highest BCUT2D eigenvalue weighted by Gasteiger charge is 2.26. The normalized spacial score (nSPS) is 18.3. The molecule has 1 aromatic rings. The van der Waals surface area contributed by atoms with Gasteiger partial charge in [0.25, 0.3) is 0 Å². The number of sulfonamides is 1. The average Bonchev–Trinajstić information content (AvgIpc) is 2.94. The molecule has 9 heteroatoms. The van der Waals surface area contributed by atoms with Gasteiger partial charge in [-0.1, -0.05) is 29.3 Å². The molecule has 0 saturated carbocycles. The van der Waals surface area contributed by atoms with Crippen molar-refractivity contribution in [3.63, 3.8) is 0 Å². The maximum absolute atomic E-state index is 12.2. The molecule has 1 aliphatic heterocycles. The van der Waals surface area contributed by atoms with E-state index in [9.17, 15) is 13.2 Å². The number of nitrogens with one attached hydrogen (secondary N) is 1. The zero-order valence-electron chi connectivity index (χ0n) is 12.6. The number of halogens is 2. The first-order valence-electron chi connectivity index (χ1n) is 7.08. The van der Waals surface area contributed by atoms with Gasteiger partial charge in [-0.15, -0.1) is 0 Å². The zero-order valence-corrected chi connectivity index (χ0v) is 14.9. The van der Waals surface area contributed by atoms with Crippen LogP contribution in [0.5, 0.6) is 0 Å². The molecule has 1 aromatic carbocycles. The van der Waals surface area contributed by atoms with E-state index < -0.39 is 15.9 Å². The van der Waals surface area contributed by atoms with Gasteiger partial charge in [-0.2, -0.15) is 4.31 Å². The highest BCUT2D eigenvalue weighted by Crippen LogP contribution is 2.29. The predicted octanol–water partition coefficient (Wildman–Crippen LogP) is 2.37. The van der Waals surface area contributed by atoms with Crippen molar-refractivity contribution < 1.29 is 17.9 Å². The number of para-hydroxylation sites is 1. The van der Waals surface area contributed by atoms with Crippen LogP contribution in [0.25, 0.3) is 0 Å². The fraction of sp³-hybridized carbons (Fsp3) is 0.500. The number of hydrogen-bond acceptors (Lipinski definition) is 4. The molecule has 1 fully saturated rings. The van der Waals surface area contributed by atoms with Crippen LogP contribution in [-0.2, 0) is 19.6 Å². The van der Waals surface area contributed by atoms with Crippen molar-refractivity contribution in [1.29, 1.82) is 0 Å². The molecule has 1 atom stereocenters. The van der Waals surface area contributed by atoms with Gasteiger partial charge in [-0.25, -0.2) is 8.42 Å². The molecule has 0 spiro atoms. The topological polar surface area (TPSA) is 75.7 Å². The summed E-state index contributed by atoms with van der Waals surface area (Å²) in [7, 11) is -3.53. The zero-order chi connectivity index (χ0) is 17.0. The Labute approximate surface area is 145 Å². The smallest absolute Gasteiger partial charge is 0.239 e. The van der Waals surface area contributed by atoms with Crippen LogP contribution in [0.1, 0.15) is 12.8 Å². The SMILES string of the molecule is CS(=O)(=O)N(CC(=O)Nc1c(Cl)cccc1Cl)CC1CCCO1. The second-order valence-corrected chi connectivity index (χ2v) is 8.13. The summed E-state index contributed by atoms with van der Waals surface area (Å²) in [4.78, 5) is 12.2. The van der Waals surface area contributed by atoms with E-state index in [1.54, 1.807) is 18.2 Å². The Bertz CT molecular complexity index is 655. The van der Waals surface area contributed by atoms with Gasteiger partial charge in [-0.3, -0.25) is 4.79 Å². The number of carbonyl (C=O) groups excluding carboxylic acids is 1. The molecule has 1 amide bonds. The quantitative estimate of drug-likeness (QED) is 0.821. The minimum Gasteiger partial charge on any atom is -0.377 e. The van der Waals surface area contributed by atoms with Crippen LogP contribution in [0.2, 0.25) is 10.0 Å². The number of ether oxygens (including phenoxy) is 1. The Balaban J connectivity index is 2.05. The summed E-state index contributed by atoms with van der Waals surface area (Å²) < 4.78 is 30.3. The Hall–Kier alpha value is -0.860. The molecule has 1 unspecified atom stereocenters. The first kappa shape index (κ1) is 18.5. The van der Waals surface area contributed by atoms with E-state index in [0.29, 0.717) is 6.61 Å². The van der Waals surface area contributed by atoms with E-state index in [0.717, 1.165) is 23.4 Å². The van der Waals surface area contributed by atoms with Gasteiger partial charge in [0.2, 0.25) is 15.9 Å². The monoisotopic (exact) mass is 380 g/mol. The standard InChI is InChI=1S/C14H18Cl2N2O4S/c1-23(20,21)18(8-10-4-3-7-22-10)9-13(19)17-14-11(15)5-2-6-12(14)16/h2,5-6,10H,3-4,7-9H2,1H3,(H,17,19). The number of hydrogen-bond donors (Lipinski definition) is 1. The lowest BCUT2D eigenvalue weighted by Crippen LogP contribution is -2.41. The fourth-order valence-corrected chi connectivity index (χ4v) is 3.57. The van der Waals surface area contributed by atoms with Crippen LogP contribution < -0.4 is 5.32 Å². The van der Waals surface area contributed by atoms with Crippen molar-refractivity contribution >= 4 is 44.8 Å². The second-order valence-electron chi connectivity index (χ2n) is 5.34. The number of nitrogens with zero attached hydrogens (tertiary/aromatic N) is 1. The van der Waals surface area contributed by atoms with Gasteiger partial charge in [0.15, 0.2) is 0 Å². The molecule has 0 radical (unpaired) electrons. The molecule has 1 saturated heterocycles. The summed E-state index contributed by atoms with van der Waals surface area (Å²) >= 11 is 12.0. The van der Waals surface area contributed by atoms with E-state index in [1.165, 1.54) is 0 Å². The second kappa shape index (κ2) is 7.81. The molecule has 6 nitrogen and oxygen atoms in total. The predicted molar refractivity (Wildman–Crippen MR) is 90.5 cm³/mol. The summed E-state index contributed by atoms with van der Waals surface area (Å²) in [5.74, 6) is -0.511. The number of benzene rings is 1. The molecule has 1 heterocycles. The molecule has 128 valence electrons. The third-order valence-corrected chi connectivity index (χ3v) is 5.29. The largest absolute Gasteiger partial charge is 0.377 e. The highest BCUT2D eigenvalue weighted by atomic mass is 35.5. The Kier molecular flexibility index (Phi) is 6.27. The minimum atomic E-state index is -3.53. The summed E-state index contributed by atoms with van der Waals surface area (Å²) in [5, 5.41) is 3.13. The molecule has 1 N–H and O–H groups in total. The van der Waals surface area contributed by atoms with Crippen LogP contribution in [0.4, 0.5) is 5.69 Å². The number of anilines is 1. The first-order chi connectivity index (χ1) is 10.8. The van der Waals surface area contributed by atoms with Crippen molar-refractivity contribution in [3.8, 4) is 0 Å². The van der Waals surface area contributed by atoms with Gasteiger partial charge in [0.1, 0.15) is 0 Å². The fourth-order valence-electron chi connectivity index (χ4n) is 2.29. The maximum Gasteiger partial charge on any atom is 0.239 e. The summed E-state index contributed by atoms with van der Waals surface area (Å²) in [6.45, 7) is 0.451. The van der Waals surface area contributed by atoms with Gasteiger partial charge in [-0.05, 0) is 25.0 Å². The average molecular weight is 381 g/mol. The number of rotatable bonds is 6. The Morgan fingerprint density at radius 1 is 1.39 bits per heavy atom. The lowest BCUT2D eigenvalue weighted by molar-refractivity contribution is -0.116. The first-order valence-corrected chi connectivity index (χ1v) is 9.68. The van der Waals surface area contributed by atoms with E-state index in [-0.39, 0.29) is 34.9 Å². The molecule has 1 aliphatic rings. The van der Waals surface area contributed by atoms with Crippen molar-refractivity contribution in [2.45, 2.75) is 18.9 Å². The van der Waals surface area contributed by atoms with Gasteiger partial charge >= 0.3 is 0 Å². The number of carbonyl (C=O) groups is 1. The van der Waals surface area contributed by atoms with Crippen LogP contribution in [0.3, 0.4) is 0 Å². The van der Waals surface area contributed by atoms with Crippen molar-refractivity contribution in [1.82, 2.24) is 4.31 Å². The highest BCUT2D eigenvalue weighted by molar-refractivity contribution is 7.88. The third kappa shape index (κ3) is 5.32. The summed E-state index contributed by atoms with van der Waals surface area (Å²) in [6, 6.07) is 4.83. The van der Waals surface area contributed by atoms with Crippen LogP contribution in [-0.4, -0.2) is 50.7 Å². The molecule has 2 rings (SSSR count). The van der Waals surface area contributed by atoms with E-state index in [4.69, 9.17) is 27.9 Å². The Morgan fingerprint density at radius 2 is 2.04 bits per heavy atom. The molecule has 23 heavy (non-hydrogen) atoms. The Morgan fingerprint density at radius 3 is 2.57 bits per heavy atom. The third-order valence-electron chi connectivity index (χ3n) is 3.45. The van der Waals surface area contributed by atoms with Crippen LogP contribution >= 0.6 is 23.2 Å². The van der Waals surface area contributed by atoms with E-state index in [1.807, 2.05) is 0 Å². The van der Waals surface area contributed by atoms with Crippen LogP contribution in [0, 0.1) is 0 Å². The van der Waals surface area contributed by atoms with Gasteiger partial charge in [0, 0.05) is 13.2 Å². The molecule has 0 aromatic heterocycles. The minimum absolute atomic E-state index is 0.155. The molecule has 0 aliphatic carbocycles. The summed E-state index contributed by atoms with van der Waals surface area (Å²) in [5.41, 5.74) is 0.270. The molecule has 0 bridgehead atoms. The van der Waals surface area contributed by atoms with E-state index in [2.05, 4.69) is 5.32 Å². The van der Waals surface area contributed by atoms with Gasteiger partial charge < -0.3 is 10.1 Å². The lowest BCUT2D eigenvalue weighted by Gasteiger charge is -2.22. The molecular weight excluding hydrogens is 363 g/mol. The lowest BCUT2D eigenvalue weighted by atomic mass is 10.2. The number of amides is 1. The van der Waals surface area contributed by atoms with Crippen molar-refractivity contribution in [2.24, 2.45) is 0 Å². The van der Waals surface area contributed by atoms with Crippen LogP contribution in [0.15, 0.2) is 18.2 Å². The van der Waals surface area contributed by atoms with Crippen molar-refractivity contribution in [3.05, 3.63) is 28.2 Å².